The van der Waals surface area contributed by atoms with Crippen LogP contribution in [0.25, 0.3) is 0 Å². The molecule has 0 aliphatic heterocycles. The number of benzene rings is 1. The van der Waals surface area contributed by atoms with Crippen LogP contribution in [0.3, 0.4) is 0 Å². The maximum Gasteiger partial charge on any atom is 0.416 e. The lowest BCUT2D eigenvalue weighted by molar-refractivity contribution is -0.137. The molecule has 0 fully saturated rings. The number of halogens is 3. The lowest BCUT2D eigenvalue weighted by Gasteiger charge is -2.16. The molecule has 0 heterocycles. The molecule has 7 nitrogen and oxygen atoms in total. The number of alkyl halides is 3. The van der Waals surface area contributed by atoms with Crippen molar-refractivity contribution in [2.24, 2.45) is 11.7 Å². The van der Waals surface area contributed by atoms with Crippen molar-refractivity contribution in [1.29, 1.82) is 0 Å². The molecular weight excluding hydrogens is 365 g/mol. The predicted octanol–water partition coefficient (Wildman–Crippen LogP) is 1.49. The Hall–Kier alpha value is -2.78. The van der Waals surface area contributed by atoms with E-state index in [0.717, 1.165) is 12.1 Å². The lowest BCUT2D eigenvalue weighted by Crippen LogP contribution is -2.46. The van der Waals surface area contributed by atoms with Crippen LogP contribution >= 0.6 is 0 Å². The summed E-state index contributed by atoms with van der Waals surface area (Å²) in [6.45, 7) is 5.10. The largest absolute Gasteiger partial charge is 0.416 e. The summed E-state index contributed by atoms with van der Waals surface area (Å²) in [5.74, 6) is -2.11. The van der Waals surface area contributed by atoms with Gasteiger partial charge in [-0.05, 0) is 31.0 Å². The van der Waals surface area contributed by atoms with Crippen LogP contribution < -0.4 is 21.7 Å². The number of carbonyl (C=O) groups excluding carboxylic acids is 3. The maximum absolute atomic E-state index is 13.0. The zero-order chi connectivity index (χ0) is 20.8. The molecule has 0 spiro atoms. The van der Waals surface area contributed by atoms with Crippen molar-refractivity contribution in [3.63, 3.8) is 0 Å². The van der Waals surface area contributed by atoms with Gasteiger partial charge in [0.25, 0.3) is 5.91 Å². The molecule has 0 aliphatic carbocycles. The molecule has 1 rings (SSSR count). The van der Waals surface area contributed by atoms with E-state index < -0.39 is 42.0 Å². The summed E-state index contributed by atoms with van der Waals surface area (Å²) in [6, 6.07) is 1.84. The Balaban J connectivity index is 2.94. The first-order valence-electron chi connectivity index (χ1n) is 8.23. The monoisotopic (exact) mass is 388 g/mol. The highest BCUT2D eigenvalue weighted by Crippen LogP contribution is 2.32. The fourth-order valence-corrected chi connectivity index (χ4v) is 2.00. The van der Waals surface area contributed by atoms with Gasteiger partial charge in [0.2, 0.25) is 11.8 Å². The third-order valence-corrected chi connectivity index (χ3v) is 3.51. The third kappa shape index (κ3) is 7.16. The number of primary amides is 1. The Bertz CT molecular complexity index is 705. The Morgan fingerprint density at radius 2 is 1.78 bits per heavy atom. The maximum atomic E-state index is 13.0. The van der Waals surface area contributed by atoms with Crippen LogP contribution in [0.5, 0.6) is 0 Å². The average Bonchev–Trinajstić information content (AvgIpc) is 2.56. The fourth-order valence-electron chi connectivity index (χ4n) is 2.00. The van der Waals surface area contributed by atoms with Crippen molar-refractivity contribution in [2.45, 2.75) is 33.0 Å². The molecule has 0 bridgehead atoms. The van der Waals surface area contributed by atoms with Gasteiger partial charge in [0.05, 0.1) is 17.7 Å². The Morgan fingerprint density at radius 3 is 2.30 bits per heavy atom. The topological polar surface area (TPSA) is 113 Å². The number of carbonyl (C=O) groups is 3. The summed E-state index contributed by atoms with van der Waals surface area (Å²) < 4.78 is 38.9. The highest BCUT2D eigenvalue weighted by Gasteiger charge is 2.32. The zero-order valence-electron chi connectivity index (χ0n) is 15.2. The van der Waals surface area contributed by atoms with Crippen molar-refractivity contribution in [3.05, 3.63) is 29.3 Å². The van der Waals surface area contributed by atoms with E-state index in [1.807, 2.05) is 13.8 Å². The molecule has 1 aromatic carbocycles. The summed E-state index contributed by atoms with van der Waals surface area (Å²) in [4.78, 5) is 34.9. The highest BCUT2D eigenvalue weighted by atomic mass is 19.4. The van der Waals surface area contributed by atoms with Crippen LogP contribution in [0.2, 0.25) is 0 Å². The van der Waals surface area contributed by atoms with E-state index in [4.69, 9.17) is 5.73 Å². The second-order valence-corrected chi connectivity index (χ2v) is 6.41. The minimum atomic E-state index is -4.61. The molecule has 10 heteroatoms. The molecule has 0 aromatic heterocycles. The third-order valence-electron chi connectivity index (χ3n) is 3.51. The summed E-state index contributed by atoms with van der Waals surface area (Å²) in [7, 11) is 0. The number of amides is 3. The standard InChI is InChI=1S/C17H23F3N4O3/c1-9(2)7-22-13-5-4-11(17(18,19)20)6-12(13)16(27)23-8-14(25)24-10(3)15(21)26/h4-6,9-10,22H,7-8H2,1-3H3,(H2,21,26)(H,23,27)(H,24,25). The molecule has 150 valence electrons. The van der Waals surface area contributed by atoms with E-state index in [2.05, 4.69) is 16.0 Å². The quantitative estimate of drug-likeness (QED) is 0.540. The average molecular weight is 388 g/mol. The van der Waals surface area contributed by atoms with Crippen molar-refractivity contribution in [3.8, 4) is 0 Å². The van der Waals surface area contributed by atoms with E-state index in [0.29, 0.717) is 6.54 Å². The molecule has 1 unspecified atom stereocenters. The van der Waals surface area contributed by atoms with Gasteiger partial charge in [-0.1, -0.05) is 13.8 Å². The SMILES string of the molecule is CC(C)CNc1ccc(C(F)(F)F)cc1C(=O)NCC(=O)NC(C)C(N)=O. The Labute approximate surface area is 154 Å². The van der Waals surface area contributed by atoms with Crippen LogP contribution in [0.15, 0.2) is 18.2 Å². The van der Waals surface area contributed by atoms with Gasteiger partial charge in [0, 0.05) is 12.2 Å². The number of nitrogens with two attached hydrogens (primary N) is 1. The van der Waals surface area contributed by atoms with Gasteiger partial charge in [0.15, 0.2) is 0 Å². The predicted molar refractivity (Wildman–Crippen MR) is 93.9 cm³/mol. The van der Waals surface area contributed by atoms with Gasteiger partial charge < -0.3 is 21.7 Å². The van der Waals surface area contributed by atoms with Crippen LogP contribution in [0, 0.1) is 5.92 Å². The molecular formula is C17H23F3N4O3. The molecule has 1 atom stereocenters. The summed E-state index contributed by atoms with van der Waals surface area (Å²) >= 11 is 0. The Kier molecular flexibility index (Phi) is 7.62. The van der Waals surface area contributed by atoms with Crippen LogP contribution in [-0.4, -0.2) is 36.9 Å². The van der Waals surface area contributed by atoms with Crippen LogP contribution in [0.1, 0.15) is 36.7 Å². The number of rotatable bonds is 8. The van der Waals surface area contributed by atoms with Crippen molar-refractivity contribution in [1.82, 2.24) is 10.6 Å². The van der Waals surface area contributed by atoms with Crippen molar-refractivity contribution in [2.75, 3.05) is 18.4 Å². The lowest BCUT2D eigenvalue weighted by atomic mass is 10.1. The van der Waals surface area contributed by atoms with Crippen molar-refractivity contribution < 1.29 is 27.6 Å². The first kappa shape index (κ1) is 22.3. The first-order chi connectivity index (χ1) is 12.4. The van der Waals surface area contributed by atoms with Gasteiger partial charge in [0.1, 0.15) is 6.04 Å². The van der Waals surface area contributed by atoms with E-state index in [9.17, 15) is 27.6 Å². The number of nitrogens with one attached hydrogen (secondary N) is 3. The van der Waals surface area contributed by atoms with E-state index in [-0.39, 0.29) is 17.2 Å². The molecule has 0 saturated carbocycles. The van der Waals surface area contributed by atoms with Gasteiger partial charge in [-0.3, -0.25) is 14.4 Å². The molecule has 27 heavy (non-hydrogen) atoms. The molecule has 3 amide bonds. The zero-order valence-corrected chi connectivity index (χ0v) is 15.2. The van der Waals surface area contributed by atoms with Crippen molar-refractivity contribution >= 4 is 23.4 Å². The summed E-state index contributed by atoms with van der Waals surface area (Å²) in [5, 5.41) is 7.41. The number of hydrogen-bond acceptors (Lipinski definition) is 4. The second-order valence-electron chi connectivity index (χ2n) is 6.41. The van der Waals surface area contributed by atoms with Gasteiger partial charge in [-0.25, -0.2) is 0 Å². The van der Waals surface area contributed by atoms with Crippen LogP contribution in [-0.2, 0) is 15.8 Å². The van der Waals surface area contributed by atoms with E-state index in [1.165, 1.54) is 13.0 Å². The molecule has 1 aromatic rings. The second kappa shape index (κ2) is 9.24. The number of hydrogen-bond donors (Lipinski definition) is 4. The van der Waals surface area contributed by atoms with E-state index >= 15 is 0 Å². The van der Waals surface area contributed by atoms with E-state index in [1.54, 1.807) is 0 Å². The fraction of sp³-hybridized carbons (Fsp3) is 0.471. The number of anilines is 1. The minimum Gasteiger partial charge on any atom is -0.384 e. The van der Waals surface area contributed by atoms with Crippen LogP contribution in [0.4, 0.5) is 18.9 Å². The Morgan fingerprint density at radius 1 is 1.15 bits per heavy atom. The minimum absolute atomic E-state index is 0.198. The normalized spacial score (nSPS) is 12.4. The molecule has 0 aliphatic rings. The van der Waals surface area contributed by atoms with Gasteiger partial charge >= 0.3 is 6.18 Å². The molecule has 5 N–H and O–H groups in total. The molecule has 0 saturated heterocycles. The van der Waals surface area contributed by atoms with Gasteiger partial charge in [-0.2, -0.15) is 13.2 Å². The summed E-state index contributed by atoms with van der Waals surface area (Å²) in [5.41, 5.74) is 4.02. The molecule has 0 radical (unpaired) electrons. The highest BCUT2D eigenvalue weighted by molar-refractivity contribution is 6.01. The first-order valence-corrected chi connectivity index (χ1v) is 8.23. The van der Waals surface area contributed by atoms with Gasteiger partial charge in [-0.15, -0.1) is 0 Å². The smallest absolute Gasteiger partial charge is 0.384 e. The summed E-state index contributed by atoms with van der Waals surface area (Å²) in [6.07, 6.45) is -4.61.